The molecule has 0 aliphatic carbocycles. The molecule has 0 aliphatic rings. The van der Waals surface area contributed by atoms with Gasteiger partial charge in [-0.25, -0.2) is 0 Å². The molecule has 0 aromatic heterocycles. The Labute approximate surface area is 268 Å². The minimum absolute atomic E-state index is 0. The van der Waals surface area contributed by atoms with E-state index in [1.54, 1.807) is 0 Å². The summed E-state index contributed by atoms with van der Waals surface area (Å²) in [7, 11) is -4.47. The summed E-state index contributed by atoms with van der Waals surface area (Å²) in [6.07, 6.45) is 43.9. The average Bonchev–Trinajstić information content (AvgIpc) is 2.93. The van der Waals surface area contributed by atoms with Crippen molar-refractivity contribution in [1.82, 2.24) is 0 Å². The maximum absolute atomic E-state index is 11.8. The SMILES string of the molecule is CCCCCCCC/C=C\CCCCCCCCC(CCCCCCC/C=C\CCCCCCCC)P(=O)([O-])[O-].[Fe+2]. The van der Waals surface area contributed by atoms with Crippen LogP contribution < -0.4 is 9.79 Å². The summed E-state index contributed by atoms with van der Waals surface area (Å²) in [6, 6.07) is 0. The fraction of sp³-hybridized carbons (Fsp3) is 0.889. The van der Waals surface area contributed by atoms with E-state index < -0.39 is 13.3 Å². The van der Waals surface area contributed by atoms with Crippen LogP contribution >= 0.6 is 7.60 Å². The Bertz CT molecular complexity index is 602. The van der Waals surface area contributed by atoms with Crippen LogP contribution in [0.5, 0.6) is 0 Å². The Morgan fingerprint density at radius 2 is 0.683 bits per heavy atom. The third kappa shape index (κ3) is 34.5. The molecular weight excluding hydrogens is 567 g/mol. The molecule has 0 saturated carbocycles. The van der Waals surface area contributed by atoms with Gasteiger partial charge in [0.05, 0.1) is 0 Å². The van der Waals surface area contributed by atoms with Crippen LogP contribution in [0.2, 0.25) is 0 Å². The predicted molar refractivity (Wildman–Crippen MR) is 175 cm³/mol. The Hall–Kier alpha value is 0.149. The van der Waals surface area contributed by atoms with Crippen molar-refractivity contribution in [3.63, 3.8) is 0 Å². The summed E-state index contributed by atoms with van der Waals surface area (Å²) in [5.74, 6) is 0. The molecule has 0 heterocycles. The predicted octanol–water partition coefficient (Wildman–Crippen LogP) is 11.7. The normalized spacial score (nSPS) is 12.9. The molecule has 0 spiro atoms. The molecule has 0 aromatic carbocycles. The van der Waals surface area contributed by atoms with E-state index in [2.05, 4.69) is 38.2 Å². The van der Waals surface area contributed by atoms with E-state index in [0.29, 0.717) is 12.8 Å². The second-order valence-electron chi connectivity index (χ2n) is 12.3. The first-order valence-electron chi connectivity index (χ1n) is 17.8. The molecule has 0 aromatic rings. The van der Waals surface area contributed by atoms with E-state index in [9.17, 15) is 14.4 Å². The molecule has 0 fully saturated rings. The Morgan fingerprint density at radius 1 is 0.439 bits per heavy atom. The number of allylic oxidation sites excluding steroid dienone is 4. The van der Waals surface area contributed by atoms with Crippen molar-refractivity contribution in [1.29, 1.82) is 0 Å². The summed E-state index contributed by atoms with van der Waals surface area (Å²) in [4.78, 5) is 23.5. The molecule has 0 radical (unpaired) electrons. The smallest absolute Gasteiger partial charge is 0.811 e. The van der Waals surface area contributed by atoms with Crippen molar-refractivity contribution >= 4 is 7.60 Å². The van der Waals surface area contributed by atoms with Crippen molar-refractivity contribution < 1.29 is 31.4 Å². The molecule has 0 bridgehead atoms. The van der Waals surface area contributed by atoms with E-state index in [0.717, 1.165) is 44.9 Å². The van der Waals surface area contributed by atoms with Crippen LogP contribution in [-0.4, -0.2) is 5.66 Å². The van der Waals surface area contributed by atoms with Gasteiger partial charge in [-0.1, -0.05) is 168 Å². The molecule has 0 N–H and O–H groups in total. The van der Waals surface area contributed by atoms with Gasteiger partial charge in [-0.15, -0.1) is 0 Å². The topological polar surface area (TPSA) is 63.2 Å². The first-order chi connectivity index (χ1) is 19.5. The van der Waals surface area contributed by atoms with E-state index in [-0.39, 0.29) is 17.1 Å². The molecule has 0 amide bonds. The first kappa shape index (κ1) is 43.3. The van der Waals surface area contributed by atoms with Gasteiger partial charge in [0.25, 0.3) is 0 Å². The maximum atomic E-state index is 11.8. The van der Waals surface area contributed by atoms with Gasteiger partial charge < -0.3 is 14.4 Å². The third-order valence-electron chi connectivity index (χ3n) is 8.30. The van der Waals surface area contributed by atoms with Gasteiger partial charge in [0, 0.05) is 0 Å². The minimum Gasteiger partial charge on any atom is -0.811 e. The molecule has 5 heteroatoms. The van der Waals surface area contributed by atoms with E-state index in [1.807, 2.05) is 0 Å². The fourth-order valence-electron chi connectivity index (χ4n) is 5.54. The van der Waals surface area contributed by atoms with Crippen LogP contribution in [0.1, 0.15) is 200 Å². The number of hydrogen-bond donors (Lipinski definition) is 0. The zero-order valence-corrected chi connectivity index (χ0v) is 29.4. The van der Waals surface area contributed by atoms with Gasteiger partial charge in [0.15, 0.2) is 0 Å². The maximum Gasteiger partial charge on any atom is 2.00 e. The van der Waals surface area contributed by atoms with Crippen molar-refractivity contribution in [3.8, 4) is 0 Å². The van der Waals surface area contributed by atoms with Gasteiger partial charge in [-0.2, -0.15) is 0 Å². The van der Waals surface area contributed by atoms with Crippen molar-refractivity contribution in [2.75, 3.05) is 0 Å². The third-order valence-corrected chi connectivity index (χ3v) is 9.71. The Kier molecular flexibility index (Phi) is 36.6. The quantitative estimate of drug-likeness (QED) is 0.0319. The van der Waals surface area contributed by atoms with Crippen molar-refractivity contribution in [2.24, 2.45) is 0 Å². The number of unbranched alkanes of at least 4 members (excludes halogenated alkanes) is 23. The van der Waals surface area contributed by atoms with E-state index in [1.165, 1.54) is 128 Å². The molecule has 0 rings (SSSR count). The van der Waals surface area contributed by atoms with Crippen molar-refractivity contribution in [3.05, 3.63) is 24.3 Å². The fourth-order valence-corrected chi connectivity index (χ4v) is 6.54. The van der Waals surface area contributed by atoms with Gasteiger partial charge in [0.1, 0.15) is 0 Å². The van der Waals surface area contributed by atoms with Crippen LogP contribution in [0.4, 0.5) is 0 Å². The average molecular weight is 637 g/mol. The van der Waals surface area contributed by atoms with Gasteiger partial charge >= 0.3 is 17.1 Å². The van der Waals surface area contributed by atoms with Crippen LogP contribution in [0.15, 0.2) is 24.3 Å². The van der Waals surface area contributed by atoms with Gasteiger partial charge in [-0.3, -0.25) is 0 Å². The second-order valence-corrected chi connectivity index (χ2v) is 14.1. The van der Waals surface area contributed by atoms with Crippen LogP contribution in [0.3, 0.4) is 0 Å². The van der Waals surface area contributed by atoms with Crippen molar-refractivity contribution in [2.45, 2.75) is 206 Å². The molecule has 41 heavy (non-hydrogen) atoms. The summed E-state index contributed by atoms with van der Waals surface area (Å²) in [5, 5.41) is 0. The van der Waals surface area contributed by atoms with Gasteiger partial charge in [-0.05, 0) is 69.9 Å². The standard InChI is InChI=1S/C36H71O3P.Fe/c1-3-5-7-9-11-13-15-17-19-21-23-25-27-29-31-33-35-36(40(37,38)39)34-32-30-28-26-24-22-20-18-16-14-12-10-8-6-4-2;/h17-20,36H,3-16,21-35H2,1-2H3,(H2,37,38,39);/q;+2/p-2/b19-17-,20-18-;. The zero-order valence-electron chi connectivity index (χ0n) is 27.4. The summed E-state index contributed by atoms with van der Waals surface area (Å²) in [5.41, 5.74) is -0.644. The summed E-state index contributed by atoms with van der Waals surface area (Å²) < 4.78 is 11.8. The Balaban J connectivity index is 0. The molecule has 0 aliphatic heterocycles. The van der Waals surface area contributed by atoms with E-state index >= 15 is 0 Å². The molecule has 1 unspecified atom stereocenters. The van der Waals surface area contributed by atoms with Crippen LogP contribution in [0, 0.1) is 0 Å². The minimum atomic E-state index is -4.47. The number of rotatable bonds is 32. The summed E-state index contributed by atoms with van der Waals surface area (Å²) >= 11 is 0. The largest absolute Gasteiger partial charge is 2.00 e. The van der Waals surface area contributed by atoms with E-state index in [4.69, 9.17) is 0 Å². The molecule has 244 valence electrons. The molecule has 1 atom stereocenters. The molecule has 3 nitrogen and oxygen atoms in total. The monoisotopic (exact) mass is 636 g/mol. The van der Waals surface area contributed by atoms with Crippen LogP contribution in [-0.2, 0) is 21.6 Å². The second kappa shape index (κ2) is 34.6. The number of hydrogen-bond acceptors (Lipinski definition) is 3. The Morgan fingerprint density at radius 3 is 0.951 bits per heavy atom. The van der Waals surface area contributed by atoms with Gasteiger partial charge in [0.2, 0.25) is 0 Å². The van der Waals surface area contributed by atoms with Crippen LogP contribution in [0.25, 0.3) is 0 Å². The first-order valence-corrected chi connectivity index (χ1v) is 19.4. The molecular formula is C36H69FeO3P. The summed E-state index contributed by atoms with van der Waals surface area (Å²) in [6.45, 7) is 4.53. The zero-order chi connectivity index (χ0) is 29.4. The molecule has 0 saturated heterocycles.